The topological polar surface area (TPSA) is 37.3 Å². The highest BCUT2D eigenvalue weighted by atomic mass is 79.9. The van der Waals surface area contributed by atoms with Crippen LogP contribution in [0.15, 0.2) is 46.9 Å². The van der Waals surface area contributed by atoms with Gasteiger partial charge in [-0.1, -0.05) is 39.1 Å². The Hall–Kier alpha value is -1.29. The van der Waals surface area contributed by atoms with Crippen LogP contribution in [0.4, 0.5) is 0 Å². The molecule has 0 heterocycles. The third-order valence-corrected chi connectivity index (χ3v) is 3.64. The van der Waals surface area contributed by atoms with E-state index < -0.39 is 0 Å². The summed E-state index contributed by atoms with van der Waals surface area (Å²) in [7, 11) is 0. The normalized spacial score (nSPS) is 10.9. The standard InChI is InChI=1S/C15H9BrCl2O2/c16-11-4-1-9(2-5-11)14(19)6-3-10-7-12(17)8-13(18)15(10)20/h1-8,20H/b6-3+. The molecule has 2 aromatic rings. The highest BCUT2D eigenvalue weighted by Crippen LogP contribution is 2.32. The van der Waals surface area contributed by atoms with Crippen LogP contribution in [0.3, 0.4) is 0 Å². The van der Waals surface area contributed by atoms with Crippen LogP contribution in [-0.2, 0) is 0 Å². The Balaban J connectivity index is 2.25. The first-order valence-electron chi connectivity index (χ1n) is 5.63. The van der Waals surface area contributed by atoms with E-state index in [1.165, 1.54) is 24.3 Å². The number of hydrogen-bond donors (Lipinski definition) is 1. The van der Waals surface area contributed by atoms with Crippen molar-refractivity contribution in [3.8, 4) is 5.75 Å². The lowest BCUT2D eigenvalue weighted by Crippen LogP contribution is -1.93. The molecule has 2 rings (SSSR count). The summed E-state index contributed by atoms with van der Waals surface area (Å²) in [6.07, 6.45) is 2.85. The molecular weight excluding hydrogens is 363 g/mol. The van der Waals surface area contributed by atoms with Crippen LogP contribution in [0.1, 0.15) is 15.9 Å². The van der Waals surface area contributed by atoms with Gasteiger partial charge in [0.05, 0.1) is 5.02 Å². The van der Waals surface area contributed by atoms with E-state index in [4.69, 9.17) is 23.2 Å². The number of rotatable bonds is 3. The zero-order valence-corrected chi connectivity index (χ0v) is 13.2. The third kappa shape index (κ3) is 3.63. The molecule has 0 spiro atoms. The molecule has 0 aromatic heterocycles. The number of allylic oxidation sites excluding steroid dienone is 1. The third-order valence-electron chi connectivity index (χ3n) is 2.60. The van der Waals surface area contributed by atoms with Crippen LogP contribution in [0, 0.1) is 0 Å². The van der Waals surface area contributed by atoms with Gasteiger partial charge in [0.1, 0.15) is 5.75 Å². The van der Waals surface area contributed by atoms with Crippen molar-refractivity contribution in [2.24, 2.45) is 0 Å². The van der Waals surface area contributed by atoms with Gasteiger partial charge in [0.2, 0.25) is 0 Å². The first-order valence-corrected chi connectivity index (χ1v) is 7.18. The van der Waals surface area contributed by atoms with Gasteiger partial charge in [0.25, 0.3) is 0 Å². The molecule has 5 heteroatoms. The quantitative estimate of drug-likeness (QED) is 0.582. The van der Waals surface area contributed by atoms with Gasteiger partial charge in [-0.25, -0.2) is 0 Å². The Morgan fingerprint density at radius 2 is 1.80 bits per heavy atom. The van der Waals surface area contributed by atoms with Crippen molar-refractivity contribution in [2.45, 2.75) is 0 Å². The van der Waals surface area contributed by atoms with Crippen molar-refractivity contribution in [3.05, 3.63) is 68.1 Å². The summed E-state index contributed by atoms with van der Waals surface area (Å²) in [6.45, 7) is 0. The second-order valence-corrected chi connectivity index (χ2v) is 5.79. The number of halogens is 3. The maximum atomic E-state index is 12.0. The van der Waals surface area contributed by atoms with Crippen LogP contribution < -0.4 is 0 Å². The summed E-state index contributed by atoms with van der Waals surface area (Å²) < 4.78 is 0.900. The Morgan fingerprint density at radius 3 is 2.45 bits per heavy atom. The molecule has 0 bridgehead atoms. The molecule has 0 radical (unpaired) electrons. The van der Waals surface area contributed by atoms with Gasteiger partial charge in [0, 0.05) is 20.6 Å². The van der Waals surface area contributed by atoms with E-state index in [0.717, 1.165) is 4.47 Å². The molecular formula is C15H9BrCl2O2. The molecule has 0 saturated carbocycles. The van der Waals surface area contributed by atoms with Gasteiger partial charge >= 0.3 is 0 Å². The minimum absolute atomic E-state index is 0.101. The van der Waals surface area contributed by atoms with Crippen molar-refractivity contribution >= 4 is 51.0 Å². The first-order chi connectivity index (χ1) is 9.47. The molecule has 0 amide bonds. The lowest BCUT2D eigenvalue weighted by atomic mass is 10.1. The minimum Gasteiger partial charge on any atom is -0.506 e. The summed E-state index contributed by atoms with van der Waals surface area (Å²) in [5.74, 6) is -0.274. The molecule has 0 fully saturated rings. The fourth-order valence-electron chi connectivity index (χ4n) is 1.59. The molecule has 0 aliphatic heterocycles. The minimum atomic E-state index is -0.173. The molecule has 102 valence electrons. The monoisotopic (exact) mass is 370 g/mol. The van der Waals surface area contributed by atoms with E-state index in [-0.39, 0.29) is 16.6 Å². The highest BCUT2D eigenvalue weighted by molar-refractivity contribution is 9.10. The summed E-state index contributed by atoms with van der Waals surface area (Å²) in [5.41, 5.74) is 0.949. The maximum Gasteiger partial charge on any atom is 0.185 e. The summed E-state index contributed by atoms with van der Waals surface area (Å²) in [6, 6.07) is 9.97. The van der Waals surface area contributed by atoms with Crippen molar-refractivity contribution in [2.75, 3.05) is 0 Å². The SMILES string of the molecule is O=C(/C=C/c1cc(Cl)cc(Cl)c1O)c1ccc(Br)cc1. The molecule has 20 heavy (non-hydrogen) atoms. The van der Waals surface area contributed by atoms with Gasteiger partial charge in [-0.05, 0) is 48.6 Å². The molecule has 1 N–H and O–H groups in total. The van der Waals surface area contributed by atoms with Gasteiger partial charge in [0.15, 0.2) is 5.78 Å². The summed E-state index contributed by atoms with van der Waals surface area (Å²) in [5, 5.41) is 10.3. The van der Waals surface area contributed by atoms with E-state index in [1.807, 2.05) is 0 Å². The van der Waals surface area contributed by atoms with Gasteiger partial charge < -0.3 is 5.11 Å². The number of hydrogen-bond acceptors (Lipinski definition) is 2. The predicted molar refractivity (Wildman–Crippen MR) is 85.6 cm³/mol. The van der Waals surface area contributed by atoms with E-state index in [2.05, 4.69) is 15.9 Å². The largest absolute Gasteiger partial charge is 0.506 e. The van der Waals surface area contributed by atoms with Crippen LogP contribution >= 0.6 is 39.1 Å². The van der Waals surface area contributed by atoms with Gasteiger partial charge in [-0.2, -0.15) is 0 Å². The van der Waals surface area contributed by atoms with Crippen molar-refractivity contribution in [3.63, 3.8) is 0 Å². The van der Waals surface area contributed by atoms with Crippen molar-refractivity contribution in [1.29, 1.82) is 0 Å². The lowest BCUT2D eigenvalue weighted by molar-refractivity contribution is 0.104. The van der Waals surface area contributed by atoms with E-state index in [9.17, 15) is 9.90 Å². The Bertz CT molecular complexity index is 679. The maximum absolute atomic E-state index is 12.0. The molecule has 0 atom stereocenters. The fraction of sp³-hybridized carbons (Fsp3) is 0. The van der Waals surface area contributed by atoms with E-state index in [1.54, 1.807) is 24.3 Å². The lowest BCUT2D eigenvalue weighted by Gasteiger charge is -2.02. The van der Waals surface area contributed by atoms with Crippen LogP contribution in [0.25, 0.3) is 6.08 Å². The Kier molecular flexibility index (Phi) is 4.86. The smallest absolute Gasteiger partial charge is 0.185 e. The van der Waals surface area contributed by atoms with Crippen LogP contribution in [0.2, 0.25) is 10.0 Å². The second-order valence-electron chi connectivity index (χ2n) is 4.03. The second kappa shape index (κ2) is 6.44. The number of benzene rings is 2. The number of aromatic hydroxyl groups is 1. The van der Waals surface area contributed by atoms with Crippen molar-refractivity contribution in [1.82, 2.24) is 0 Å². The number of phenolic OH excluding ortho intramolecular Hbond substituents is 1. The van der Waals surface area contributed by atoms with E-state index in [0.29, 0.717) is 16.1 Å². The zero-order chi connectivity index (χ0) is 14.7. The van der Waals surface area contributed by atoms with Gasteiger partial charge in [-0.3, -0.25) is 4.79 Å². The van der Waals surface area contributed by atoms with Gasteiger partial charge in [-0.15, -0.1) is 0 Å². The van der Waals surface area contributed by atoms with Crippen LogP contribution in [0.5, 0.6) is 5.75 Å². The zero-order valence-electron chi connectivity index (χ0n) is 10.1. The number of carbonyl (C=O) groups excluding carboxylic acids is 1. The molecule has 2 aromatic carbocycles. The highest BCUT2D eigenvalue weighted by Gasteiger charge is 2.06. The Morgan fingerprint density at radius 1 is 1.15 bits per heavy atom. The van der Waals surface area contributed by atoms with Crippen LogP contribution in [-0.4, -0.2) is 10.9 Å². The number of phenols is 1. The van der Waals surface area contributed by atoms with E-state index >= 15 is 0 Å². The molecule has 0 aliphatic carbocycles. The molecule has 0 aliphatic rings. The fourth-order valence-corrected chi connectivity index (χ4v) is 2.36. The first kappa shape index (κ1) is 15.1. The summed E-state index contributed by atoms with van der Waals surface area (Å²) in [4.78, 5) is 12.0. The predicted octanol–water partition coefficient (Wildman–Crippen LogP) is 5.36. The molecule has 0 unspecified atom stereocenters. The molecule has 2 nitrogen and oxygen atoms in total. The Labute approximate surface area is 134 Å². The summed E-state index contributed by atoms with van der Waals surface area (Å²) >= 11 is 15.0. The number of ketones is 1. The van der Waals surface area contributed by atoms with Crippen molar-refractivity contribution < 1.29 is 9.90 Å². The molecule has 0 saturated heterocycles. The average molecular weight is 372 g/mol. The number of carbonyl (C=O) groups is 1. The average Bonchev–Trinajstić information content (AvgIpc) is 2.41.